The lowest BCUT2D eigenvalue weighted by Crippen LogP contribution is -2.50. The van der Waals surface area contributed by atoms with E-state index in [-0.39, 0.29) is 18.3 Å². The molecule has 0 aromatic carbocycles. The minimum atomic E-state index is -1.86. The van der Waals surface area contributed by atoms with Gasteiger partial charge in [0.25, 0.3) is 0 Å². The predicted octanol–water partition coefficient (Wildman–Crippen LogP) is 0.140. The number of ether oxygens (including phenoxy) is 2. The van der Waals surface area contributed by atoms with Gasteiger partial charge in [-0.15, -0.1) is 11.6 Å². The molecular weight excluding hydrogens is 248 g/mol. The first kappa shape index (κ1) is 11.5. The summed E-state index contributed by atoms with van der Waals surface area (Å²) in [6, 6.07) is 0. The fourth-order valence-corrected chi connectivity index (χ4v) is 3.55. The lowest BCUT2D eigenvalue weighted by atomic mass is 9.80. The lowest BCUT2D eigenvalue weighted by Gasteiger charge is -2.36. The monoisotopic (exact) mass is 260 g/mol. The Labute approximate surface area is 103 Å². The van der Waals surface area contributed by atoms with E-state index in [1.165, 1.54) is 13.2 Å². The zero-order valence-electron chi connectivity index (χ0n) is 9.22. The summed E-state index contributed by atoms with van der Waals surface area (Å²) in [5.74, 6) is -3.03. The molecule has 3 aliphatic rings. The summed E-state index contributed by atoms with van der Waals surface area (Å²) in [5, 5.41) is 20.0. The molecule has 0 spiro atoms. The van der Waals surface area contributed by atoms with Crippen LogP contribution < -0.4 is 0 Å². The highest BCUT2D eigenvalue weighted by Gasteiger charge is 2.71. The Bertz CT molecular complexity index is 422. The Morgan fingerprint density at radius 1 is 1.59 bits per heavy atom. The van der Waals surface area contributed by atoms with Crippen molar-refractivity contribution in [1.29, 1.82) is 0 Å². The Balaban J connectivity index is 2.09. The highest BCUT2D eigenvalue weighted by atomic mass is 35.5. The van der Waals surface area contributed by atoms with Gasteiger partial charge in [-0.25, -0.2) is 0 Å². The van der Waals surface area contributed by atoms with Gasteiger partial charge in [0.2, 0.25) is 0 Å². The van der Waals surface area contributed by atoms with Crippen molar-refractivity contribution in [3.05, 3.63) is 11.8 Å². The van der Waals surface area contributed by atoms with E-state index in [1.54, 1.807) is 0 Å². The second-order valence-corrected chi connectivity index (χ2v) is 5.47. The van der Waals surface area contributed by atoms with Gasteiger partial charge in [-0.2, -0.15) is 0 Å². The van der Waals surface area contributed by atoms with Gasteiger partial charge in [-0.05, 0) is 13.3 Å². The summed E-state index contributed by atoms with van der Waals surface area (Å²) < 4.78 is 10.2. The molecule has 6 heteroatoms. The number of alkyl halides is 1. The molecule has 0 aromatic heterocycles. The molecule has 3 rings (SSSR count). The van der Waals surface area contributed by atoms with Gasteiger partial charge >= 0.3 is 5.97 Å². The molecular formula is C11H13ClO5. The fraction of sp³-hybridized carbons (Fsp3) is 0.727. The number of halogens is 1. The van der Waals surface area contributed by atoms with Gasteiger partial charge < -0.3 is 19.7 Å². The van der Waals surface area contributed by atoms with Gasteiger partial charge in [0.1, 0.15) is 5.60 Å². The number of ketones is 1. The highest BCUT2D eigenvalue weighted by molar-refractivity contribution is 6.21. The first-order chi connectivity index (χ1) is 7.88. The molecule has 0 radical (unpaired) electrons. The highest BCUT2D eigenvalue weighted by Crippen LogP contribution is 2.57. The molecule has 1 aliphatic carbocycles. The van der Waals surface area contributed by atoms with Crippen molar-refractivity contribution in [3.63, 3.8) is 0 Å². The van der Waals surface area contributed by atoms with E-state index in [1.807, 2.05) is 0 Å². The van der Waals surface area contributed by atoms with Crippen LogP contribution in [-0.2, 0) is 14.3 Å². The van der Waals surface area contributed by atoms with Crippen LogP contribution in [0.15, 0.2) is 11.8 Å². The Morgan fingerprint density at radius 2 is 2.29 bits per heavy atom. The molecule has 1 saturated heterocycles. The van der Waals surface area contributed by atoms with Crippen molar-refractivity contribution in [2.24, 2.45) is 11.8 Å². The van der Waals surface area contributed by atoms with Gasteiger partial charge in [0, 0.05) is 11.5 Å². The van der Waals surface area contributed by atoms with E-state index in [9.17, 15) is 15.0 Å². The third-order valence-corrected chi connectivity index (χ3v) is 4.56. The van der Waals surface area contributed by atoms with Crippen LogP contribution in [0.2, 0.25) is 0 Å². The van der Waals surface area contributed by atoms with Crippen LogP contribution in [0, 0.1) is 11.8 Å². The van der Waals surface area contributed by atoms with Crippen molar-refractivity contribution in [1.82, 2.24) is 0 Å². The predicted molar refractivity (Wildman–Crippen MR) is 56.9 cm³/mol. The summed E-state index contributed by atoms with van der Waals surface area (Å²) >= 11 is 6.12. The second kappa shape index (κ2) is 3.23. The van der Waals surface area contributed by atoms with E-state index in [0.29, 0.717) is 12.0 Å². The molecule has 17 heavy (non-hydrogen) atoms. The van der Waals surface area contributed by atoms with E-state index in [4.69, 9.17) is 21.1 Å². The van der Waals surface area contributed by atoms with Gasteiger partial charge in [0.05, 0.1) is 24.2 Å². The summed E-state index contributed by atoms with van der Waals surface area (Å²) in [4.78, 5) is 11.5. The Hall–Kier alpha value is -0.620. The third-order valence-electron chi connectivity index (χ3n) is 4.01. The maximum atomic E-state index is 11.5. The summed E-state index contributed by atoms with van der Waals surface area (Å²) in [6.45, 7) is 1.34. The molecule has 5 nitrogen and oxygen atoms in total. The molecule has 2 N–H and O–H groups in total. The number of rotatable bonds is 1. The topological polar surface area (TPSA) is 76.0 Å². The number of Topliss-reactive ketones (excluding diaryl/α,β-unsaturated/α-hetero) is 1. The van der Waals surface area contributed by atoms with Crippen LogP contribution in [0.4, 0.5) is 0 Å². The summed E-state index contributed by atoms with van der Waals surface area (Å²) in [5.41, 5.74) is -0.887. The standard InChI is InChI=1S/C11H13ClO5/c1-5(13)7-3-16-11(15)9-6(7)2-8(12)10(9,14)4-17-11/h3,6,8-9,14-15H,2,4H2,1H3/t6-,8-,9+,10+,11+/m1/s1. The molecule has 2 fully saturated rings. The minimum Gasteiger partial charge on any atom is -0.446 e. The average molecular weight is 261 g/mol. The van der Waals surface area contributed by atoms with Crippen LogP contribution in [-0.4, -0.2) is 39.6 Å². The maximum Gasteiger partial charge on any atom is 0.330 e. The first-order valence-electron chi connectivity index (χ1n) is 5.50. The maximum absolute atomic E-state index is 11.5. The van der Waals surface area contributed by atoms with Crippen molar-refractivity contribution >= 4 is 17.4 Å². The van der Waals surface area contributed by atoms with E-state index in [0.717, 1.165) is 0 Å². The van der Waals surface area contributed by atoms with Crippen LogP contribution in [0.1, 0.15) is 13.3 Å². The molecule has 0 amide bonds. The summed E-state index contributed by atoms with van der Waals surface area (Å²) in [7, 11) is 0. The fourth-order valence-electron chi connectivity index (χ4n) is 3.16. The van der Waals surface area contributed by atoms with Crippen LogP contribution >= 0.6 is 11.6 Å². The van der Waals surface area contributed by atoms with Crippen LogP contribution in [0.5, 0.6) is 0 Å². The molecule has 5 atom stereocenters. The van der Waals surface area contributed by atoms with Crippen molar-refractivity contribution < 1.29 is 24.5 Å². The van der Waals surface area contributed by atoms with Crippen molar-refractivity contribution in [3.8, 4) is 0 Å². The number of carbonyl (C=O) groups is 1. The second-order valence-electron chi connectivity index (χ2n) is 4.95. The largest absolute Gasteiger partial charge is 0.446 e. The zero-order chi connectivity index (χ0) is 12.4. The molecule has 0 bridgehead atoms. The molecule has 2 heterocycles. The van der Waals surface area contributed by atoms with Crippen molar-refractivity contribution in [2.45, 2.75) is 30.3 Å². The summed E-state index contributed by atoms with van der Waals surface area (Å²) in [6.07, 6.45) is 1.66. The van der Waals surface area contributed by atoms with E-state index in [2.05, 4.69) is 0 Å². The normalized spacial score (nSPS) is 51.8. The van der Waals surface area contributed by atoms with Crippen molar-refractivity contribution in [2.75, 3.05) is 6.61 Å². The van der Waals surface area contributed by atoms with Gasteiger partial charge in [-0.3, -0.25) is 4.79 Å². The number of hydrogen-bond donors (Lipinski definition) is 2. The number of hydrogen-bond acceptors (Lipinski definition) is 5. The number of allylic oxidation sites excluding steroid dienone is 1. The molecule has 94 valence electrons. The smallest absolute Gasteiger partial charge is 0.330 e. The Morgan fingerprint density at radius 3 is 2.94 bits per heavy atom. The van der Waals surface area contributed by atoms with Gasteiger partial charge in [-0.1, -0.05) is 0 Å². The third kappa shape index (κ3) is 1.28. The quantitative estimate of drug-likeness (QED) is 0.656. The zero-order valence-corrected chi connectivity index (χ0v) is 9.98. The average Bonchev–Trinajstić information content (AvgIpc) is 2.66. The van der Waals surface area contributed by atoms with Crippen LogP contribution in [0.25, 0.3) is 0 Å². The van der Waals surface area contributed by atoms with E-state index >= 15 is 0 Å². The molecule has 2 aliphatic heterocycles. The van der Waals surface area contributed by atoms with Gasteiger partial charge in [0.15, 0.2) is 5.78 Å². The minimum absolute atomic E-state index is 0.0855. The molecule has 0 aromatic rings. The number of aliphatic hydroxyl groups is 2. The molecule has 0 unspecified atom stereocenters. The lowest BCUT2D eigenvalue weighted by molar-refractivity contribution is -0.347. The molecule has 1 saturated carbocycles. The number of carbonyl (C=O) groups excluding carboxylic acids is 1. The first-order valence-corrected chi connectivity index (χ1v) is 5.94. The van der Waals surface area contributed by atoms with E-state index < -0.39 is 22.9 Å². The SMILES string of the molecule is CC(=O)C1=CO[C@]2(O)OC[C@]3(O)[C@H](Cl)C[C@H]1[C@H]23. The van der Waals surface area contributed by atoms with Crippen LogP contribution in [0.3, 0.4) is 0 Å². The Kier molecular flexibility index (Phi) is 2.18.